The standard InChI is InChI=1S/C18H20N2O7/c1-10(2)14(17(23)24)20-15(22)13(16(20)27-11(3)21)19-18(25)26-9-12-7-5-4-6-8-12/h4-8,13,16H,9H2,1-3H3,(H,19,25)(H,23,24)/t13-,16+/m1/s1. The second kappa shape index (κ2) is 8.35. The Morgan fingerprint density at radius 1 is 1.15 bits per heavy atom. The highest BCUT2D eigenvalue weighted by Crippen LogP contribution is 2.28. The number of likely N-dealkylation sites (tertiary alicyclic amines) is 1. The number of carboxylic acids is 1. The van der Waals surface area contributed by atoms with Crippen LogP contribution in [0.3, 0.4) is 0 Å². The average Bonchev–Trinajstić information content (AvgIpc) is 2.61. The first-order valence-corrected chi connectivity index (χ1v) is 8.10. The van der Waals surface area contributed by atoms with Gasteiger partial charge in [-0.2, -0.15) is 0 Å². The normalized spacial score (nSPS) is 18.2. The lowest BCUT2D eigenvalue weighted by atomic mass is 10.0. The van der Waals surface area contributed by atoms with E-state index in [1.165, 1.54) is 13.8 Å². The van der Waals surface area contributed by atoms with Crippen LogP contribution in [-0.4, -0.2) is 46.2 Å². The lowest BCUT2D eigenvalue weighted by Gasteiger charge is -2.45. The highest BCUT2D eigenvalue weighted by atomic mass is 16.6. The number of allylic oxidation sites excluding steroid dienone is 1. The third kappa shape index (κ3) is 4.63. The Hall–Kier alpha value is -3.36. The van der Waals surface area contributed by atoms with Crippen LogP contribution in [-0.2, 0) is 30.5 Å². The highest BCUT2D eigenvalue weighted by molar-refractivity contribution is 6.00. The van der Waals surface area contributed by atoms with Gasteiger partial charge in [-0.3, -0.25) is 14.5 Å². The number of nitrogens with one attached hydrogen (secondary N) is 1. The molecule has 0 radical (unpaired) electrons. The number of β-lactam (4-membered cyclic amide) rings is 1. The van der Waals surface area contributed by atoms with Crippen molar-refractivity contribution in [3.8, 4) is 0 Å². The first-order chi connectivity index (χ1) is 12.7. The Labute approximate surface area is 155 Å². The van der Waals surface area contributed by atoms with Gasteiger partial charge >= 0.3 is 18.0 Å². The molecule has 1 aromatic rings. The summed E-state index contributed by atoms with van der Waals surface area (Å²) in [5.74, 6) is -2.78. The molecule has 9 nitrogen and oxygen atoms in total. The summed E-state index contributed by atoms with van der Waals surface area (Å²) in [6, 6.07) is 7.68. The van der Waals surface area contributed by atoms with Gasteiger partial charge in [-0.05, 0) is 25.0 Å². The summed E-state index contributed by atoms with van der Waals surface area (Å²) in [6.45, 7) is 4.13. The lowest BCUT2D eigenvalue weighted by molar-refractivity contribution is -0.186. The minimum absolute atomic E-state index is 0.0100. The van der Waals surface area contributed by atoms with Crippen molar-refractivity contribution in [1.29, 1.82) is 0 Å². The molecule has 0 aromatic heterocycles. The summed E-state index contributed by atoms with van der Waals surface area (Å²) >= 11 is 0. The van der Waals surface area contributed by atoms with Gasteiger partial charge < -0.3 is 19.9 Å². The van der Waals surface area contributed by atoms with E-state index in [4.69, 9.17) is 9.47 Å². The number of carbonyl (C=O) groups excluding carboxylic acids is 3. The van der Waals surface area contributed by atoms with Crippen molar-refractivity contribution in [2.24, 2.45) is 0 Å². The molecule has 2 amide bonds. The molecule has 9 heteroatoms. The molecule has 2 N–H and O–H groups in total. The van der Waals surface area contributed by atoms with Gasteiger partial charge in [0.2, 0.25) is 6.23 Å². The van der Waals surface area contributed by atoms with Crippen molar-refractivity contribution in [1.82, 2.24) is 10.2 Å². The lowest BCUT2D eigenvalue weighted by Crippen LogP contribution is -2.71. The summed E-state index contributed by atoms with van der Waals surface area (Å²) in [7, 11) is 0. The van der Waals surface area contributed by atoms with Crippen molar-refractivity contribution >= 4 is 23.9 Å². The molecule has 2 atom stereocenters. The van der Waals surface area contributed by atoms with E-state index in [1.54, 1.807) is 24.3 Å². The van der Waals surface area contributed by atoms with Crippen molar-refractivity contribution in [3.05, 3.63) is 47.2 Å². The van der Waals surface area contributed by atoms with Gasteiger partial charge in [-0.1, -0.05) is 30.3 Å². The maximum absolute atomic E-state index is 12.4. The van der Waals surface area contributed by atoms with Gasteiger partial charge in [-0.15, -0.1) is 0 Å². The third-order valence-corrected chi connectivity index (χ3v) is 3.73. The van der Waals surface area contributed by atoms with Gasteiger partial charge in [0.05, 0.1) is 0 Å². The summed E-state index contributed by atoms with van der Waals surface area (Å²) in [6.07, 6.45) is -2.15. The SMILES string of the molecule is CC(=O)O[C@H]1[C@H](NC(=O)OCc2ccccc2)C(=O)N1C(C(=O)O)=C(C)C. The number of aliphatic carboxylic acids is 1. The van der Waals surface area contributed by atoms with Crippen LogP contribution in [0, 0.1) is 0 Å². The van der Waals surface area contributed by atoms with Crippen molar-refractivity contribution in [2.75, 3.05) is 0 Å². The Morgan fingerprint density at radius 3 is 2.30 bits per heavy atom. The van der Waals surface area contributed by atoms with Crippen molar-refractivity contribution in [3.63, 3.8) is 0 Å². The summed E-state index contributed by atoms with van der Waals surface area (Å²) in [4.78, 5) is 48.0. The summed E-state index contributed by atoms with van der Waals surface area (Å²) in [5, 5.41) is 11.6. The fraction of sp³-hybridized carbons (Fsp3) is 0.333. The molecular weight excluding hydrogens is 356 g/mol. The number of carboxylic acid groups (broad SMARTS) is 1. The molecule has 0 unspecified atom stereocenters. The Kier molecular flexibility index (Phi) is 6.17. The van der Waals surface area contributed by atoms with Crippen molar-refractivity contribution in [2.45, 2.75) is 39.6 Å². The molecule has 1 aliphatic heterocycles. The topological polar surface area (TPSA) is 122 Å². The number of carbonyl (C=O) groups is 4. The largest absolute Gasteiger partial charge is 0.477 e. The first kappa shape index (κ1) is 20.0. The first-order valence-electron chi connectivity index (χ1n) is 8.10. The Bertz CT molecular complexity index is 784. The van der Waals surface area contributed by atoms with Crippen LogP contribution >= 0.6 is 0 Å². The zero-order valence-corrected chi connectivity index (χ0v) is 15.1. The monoisotopic (exact) mass is 376 g/mol. The Morgan fingerprint density at radius 2 is 1.78 bits per heavy atom. The third-order valence-electron chi connectivity index (χ3n) is 3.73. The fourth-order valence-corrected chi connectivity index (χ4v) is 2.57. The van der Waals surface area contributed by atoms with Crippen LogP contribution in [0.2, 0.25) is 0 Å². The van der Waals surface area contributed by atoms with Crippen LogP contribution in [0.1, 0.15) is 26.3 Å². The summed E-state index contributed by atoms with van der Waals surface area (Å²) in [5.41, 5.74) is 0.795. The number of alkyl carbamates (subject to hydrolysis) is 1. The quantitative estimate of drug-likeness (QED) is 0.437. The number of amides is 2. The van der Waals surface area contributed by atoms with E-state index in [0.717, 1.165) is 17.4 Å². The Balaban J connectivity index is 2.08. The van der Waals surface area contributed by atoms with Gasteiger partial charge in [0.15, 0.2) is 6.04 Å². The number of hydrogen-bond acceptors (Lipinski definition) is 6. The minimum Gasteiger partial charge on any atom is -0.477 e. The predicted octanol–water partition coefficient (Wildman–Crippen LogP) is 1.39. The van der Waals surface area contributed by atoms with Crippen LogP contribution in [0.4, 0.5) is 4.79 Å². The summed E-state index contributed by atoms with van der Waals surface area (Å²) < 4.78 is 10.1. The maximum Gasteiger partial charge on any atom is 0.408 e. The second-order valence-electron chi connectivity index (χ2n) is 6.05. The predicted molar refractivity (Wildman–Crippen MR) is 92.0 cm³/mol. The van der Waals surface area contributed by atoms with E-state index in [-0.39, 0.29) is 12.3 Å². The maximum atomic E-state index is 12.4. The molecule has 0 spiro atoms. The number of benzene rings is 1. The van der Waals surface area contributed by atoms with Gasteiger partial charge in [0.1, 0.15) is 12.3 Å². The molecule has 2 rings (SSSR count). The smallest absolute Gasteiger partial charge is 0.408 e. The average molecular weight is 376 g/mol. The minimum atomic E-state index is -1.34. The molecule has 1 saturated heterocycles. The van der Waals surface area contributed by atoms with E-state index >= 15 is 0 Å². The van der Waals surface area contributed by atoms with Gasteiger partial charge in [0, 0.05) is 6.92 Å². The van der Waals surface area contributed by atoms with Crippen LogP contribution in [0.5, 0.6) is 0 Å². The molecule has 1 aliphatic rings. The molecule has 0 bridgehead atoms. The molecule has 1 fully saturated rings. The fourth-order valence-electron chi connectivity index (χ4n) is 2.57. The van der Waals surface area contributed by atoms with Crippen LogP contribution < -0.4 is 5.32 Å². The van der Waals surface area contributed by atoms with E-state index in [1.807, 2.05) is 6.07 Å². The van der Waals surface area contributed by atoms with Gasteiger partial charge in [0.25, 0.3) is 5.91 Å². The molecule has 0 saturated carbocycles. The number of nitrogens with zero attached hydrogens (tertiary/aromatic N) is 1. The van der Waals surface area contributed by atoms with Crippen LogP contribution in [0.15, 0.2) is 41.6 Å². The number of rotatable bonds is 6. The second-order valence-corrected chi connectivity index (χ2v) is 6.05. The molecule has 0 aliphatic carbocycles. The molecule has 1 heterocycles. The highest BCUT2D eigenvalue weighted by Gasteiger charge is 2.54. The van der Waals surface area contributed by atoms with Crippen LogP contribution in [0.25, 0.3) is 0 Å². The number of esters is 1. The number of hydrogen-bond donors (Lipinski definition) is 2. The zero-order valence-electron chi connectivity index (χ0n) is 15.1. The van der Waals surface area contributed by atoms with E-state index in [0.29, 0.717) is 5.57 Å². The number of ether oxygens (including phenoxy) is 2. The zero-order chi connectivity index (χ0) is 20.1. The van der Waals surface area contributed by atoms with Crippen molar-refractivity contribution < 1.29 is 33.8 Å². The molecule has 27 heavy (non-hydrogen) atoms. The van der Waals surface area contributed by atoms with E-state index < -0.39 is 36.2 Å². The molecule has 144 valence electrons. The van der Waals surface area contributed by atoms with Gasteiger partial charge in [-0.25, -0.2) is 9.59 Å². The molecular formula is C18H20N2O7. The molecule has 1 aromatic carbocycles. The van der Waals surface area contributed by atoms with E-state index in [9.17, 15) is 24.3 Å². The van der Waals surface area contributed by atoms with E-state index in [2.05, 4.69) is 5.32 Å².